The molecular formula is C22H27FN2O3S. The van der Waals surface area contributed by atoms with E-state index in [1.165, 1.54) is 22.0 Å². The van der Waals surface area contributed by atoms with Crippen LogP contribution < -0.4 is 5.32 Å². The molecule has 0 aliphatic carbocycles. The zero-order valence-electron chi connectivity index (χ0n) is 16.6. The van der Waals surface area contributed by atoms with E-state index in [1.807, 2.05) is 18.2 Å². The molecule has 2 aromatic carbocycles. The van der Waals surface area contributed by atoms with Gasteiger partial charge in [0.1, 0.15) is 5.82 Å². The van der Waals surface area contributed by atoms with Crippen molar-refractivity contribution >= 4 is 15.9 Å². The molecule has 7 heteroatoms. The number of hydrogen-bond acceptors (Lipinski definition) is 3. The van der Waals surface area contributed by atoms with Crippen LogP contribution in [-0.2, 0) is 14.8 Å². The van der Waals surface area contributed by atoms with Crippen LogP contribution in [0.5, 0.6) is 0 Å². The Morgan fingerprint density at radius 2 is 1.86 bits per heavy atom. The van der Waals surface area contributed by atoms with Crippen LogP contribution in [0.25, 0.3) is 0 Å². The van der Waals surface area contributed by atoms with E-state index in [0.717, 1.165) is 18.6 Å². The van der Waals surface area contributed by atoms with E-state index in [0.29, 0.717) is 25.9 Å². The minimum atomic E-state index is -3.74. The standard InChI is InChI=1S/C22H27FN2O3S/c1-2-17(18-7-4-3-5-8-18)15-24-22(26)19-9-6-14-25(16-19)29(27,28)21-12-10-20(23)11-13-21/h3-5,7-8,10-13,17,19H,2,6,9,14-16H2,1H3,(H,24,26)/t17-,19-/m0/s1. The summed E-state index contributed by atoms with van der Waals surface area (Å²) in [5.41, 5.74) is 1.18. The number of carbonyl (C=O) groups is 1. The van der Waals surface area contributed by atoms with Crippen LogP contribution in [0.4, 0.5) is 4.39 Å². The molecular weight excluding hydrogens is 391 g/mol. The highest BCUT2D eigenvalue weighted by atomic mass is 32.2. The highest BCUT2D eigenvalue weighted by Crippen LogP contribution is 2.25. The molecule has 1 amide bonds. The van der Waals surface area contributed by atoms with Crippen molar-refractivity contribution in [2.24, 2.45) is 5.92 Å². The Balaban J connectivity index is 1.62. The summed E-state index contributed by atoms with van der Waals surface area (Å²) in [5, 5.41) is 3.01. The van der Waals surface area contributed by atoms with Crippen molar-refractivity contribution in [3.63, 3.8) is 0 Å². The van der Waals surface area contributed by atoms with Crippen molar-refractivity contribution in [3.8, 4) is 0 Å². The predicted octanol–water partition coefficient (Wildman–Crippen LogP) is 3.54. The van der Waals surface area contributed by atoms with Crippen molar-refractivity contribution in [3.05, 3.63) is 66.0 Å². The fourth-order valence-electron chi connectivity index (χ4n) is 3.72. The maximum Gasteiger partial charge on any atom is 0.243 e. The molecule has 0 bridgehead atoms. The monoisotopic (exact) mass is 418 g/mol. The molecule has 1 heterocycles. The number of hydrogen-bond donors (Lipinski definition) is 1. The third-order valence-electron chi connectivity index (χ3n) is 5.49. The smallest absolute Gasteiger partial charge is 0.243 e. The SMILES string of the molecule is CC[C@@H](CNC(=O)[C@H]1CCCN(S(=O)(=O)c2ccc(F)cc2)C1)c1ccccc1. The van der Waals surface area contributed by atoms with Crippen molar-refractivity contribution in [1.82, 2.24) is 9.62 Å². The summed E-state index contributed by atoms with van der Waals surface area (Å²) in [4.78, 5) is 12.8. The quantitative estimate of drug-likeness (QED) is 0.748. The highest BCUT2D eigenvalue weighted by molar-refractivity contribution is 7.89. The Bertz CT molecular complexity index is 917. The lowest BCUT2D eigenvalue weighted by atomic mass is 9.95. The summed E-state index contributed by atoms with van der Waals surface area (Å²) in [6, 6.07) is 14.8. The molecule has 5 nitrogen and oxygen atoms in total. The number of carbonyl (C=O) groups excluding carboxylic acids is 1. The van der Waals surface area contributed by atoms with Gasteiger partial charge in [-0.3, -0.25) is 4.79 Å². The average molecular weight is 419 g/mol. The number of amides is 1. The maximum absolute atomic E-state index is 13.1. The second-order valence-corrected chi connectivity index (χ2v) is 9.36. The van der Waals surface area contributed by atoms with Gasteiger partial charge in [0.15, 0.2) is 0 Å². The van der Waals surface area contributed by atoms with Crippen LogP contribution in [0.3, 0.4) is 0 Å². The largest absolute Gasteiger partial charge is 0.355 e. The summed E-state index contributed by atoms with van der Waals surface area (Å²) in [6.45, 7) is 3.13. The number of halogens is 1. The van der Waals surface area contributed by atoms with Gasteiger partial charge in [0, 0.05) is 25.6 Å². The first-order valence-electron chi connectivity index (χ1n) is 10.00. The topological polar surface area (TPSA) is 66.5 Å². The van der Waals surface area contributed by atoms with Gasteiger partial charge < -0.3 is 5.32 Å². The van der Waals surface area contributed by atoms with Gasteiger partial charge >= 0.3 is 0 Å². The van der Waals surface area contributed by atoms with Gasteiger partial charge in [-0.05, 0) is 49.1 Å². The molecule has 1 aliphatic rings. The van der Waals surface area contributed by atoms with E-state index < -0.39 is 15.8 Å². The molecule has 1 saturated heterocycles. The summed E-state index contributed by atoms with van der Waals surface area (Å²) in [7, 11) is -3.74. The third kappa shape index (κ3) is 5.22. The van der Waals surface area contributed by atoms with Crippen molar-refractivity contribution in [2.45, 2.75) is 37.0 Å². The number of nitrogens with one attached hydrogen (secondary N) is 1. The second kappa shape index (κ2) is 9.50. The Morgan fingerprint density at radius 1 is 1.17 bits per heavy atom. The first-order valence-corrected chi connectivity index (χ1v) is 11.4. The van der Waals surface area contributed by atoms with Gasteiger partial charge in [-0.1, -0.05) is 37.3 Å². The minimum absolute atomic E-state index is 0.0510. The minimum Gasteiger partial charge on any atom is -0.355 e. The van der Waals surface area contributed by atoms with Gasteiger partial charge in [0.25, 0.3) is 0 Å². The van der Waals surface area contributed by atoms with Crippen molar-refractivity contribution < 1.29 is 17.6 Å². The predicted molar refractivity (Wildman–Crippen MR) is 110 cm³/mol. The molecule has 0 saturated carbocycles. The fraction of sp³-hybridized carbons (Fsp3) is 0.409. The number of sulfonamides is 1. The molecule has 0 unspecified atom stereocenters. The highest BCUT2D eigenvalue weighted by Gasteiger charge is 2.33. The summed E-state index contributed by atoms with van der Waals surface area (Å²) in [6.07, 6.45) is 2.18. The van der Waals surface area contributed by atoms with Gasteiger partial charge in [0.2, 0.25) is 15.9 Å². The number of piperidine rings is 1. The van der Waals surface area contributed by atoms with E-state index in [4.69, 9.17) is 0 Å². The fourth-order valence-corrected chi connectivity index (χ4v) is 5.25. The molecule has 0 spiro atoms. The van der Waals surface area contributed by atoms with E-state index in [9.17, 15) is 17.6 Å². The molecule has 1 aliphatic heterocycles. The van der Waals surface area contributed by atoms with E-state index in [2.05, 4.69) is 24.4 Å². The van der Waals surface area contributed by atoms with Crippen LogP contribution in [-0.4, -0.2) is 38.3 Å². The maximum atomic E-state index is 13.1. The van der Waals surface area contributed by atoms with E-state index >= 15 is 0 Å². The van der Waals surface area contributed by atoms with Gasteiger partial charge in [-0.2, -0.15) is 4.31 Å². The van der Waals surface area contributed by atoms with Crippen LogP contribution in [0, 0.1) is 11.7 Å². The lowest BCUT2D eigenvalue weighted by Gasteiger charge is -2.31. The van der Waals surface area contributed by atoms with Crippen LogP contribution in [0.2, 0.25) is 0 Å². The van der Waals surface area contributed by atoms with Crippen LogP contribution in [0.1, 0.15) is 37.7 Å². The first kappa shape index (κ1) is 21.5. The lowest BCUT2D eigenvalue weighted by Crippen LogP contribution is -2.46. The number of nitrogens with zero attached hydrogens (tertiary/aromatic N) is 1. The zero-order valence-corrected chi connectivity index (χ0v) is 17.4. The Hall–Kier alpha value is -2.25. The number of benzene rings is 2. The van der Waals surface area contributed by atoms with Crippen LogP contribution >= 0.6 is 0 Å². The lowest BCUT2D eigenvalue weighted by molar-refractivity contribution is -0.126. The molecule has 0 aromatic heterocycles. The molecule has 2 aromatic rings. The Kier molecular flexibility index (Phi) is 7.03. The molecule has 29 heavy (non-hydrogen) atoms. The molecule has 0 radical (unpaired) electrons. The van der Waals surface area contributed by atoms with Crippen LogP contribution in [0.15, 0.2) is 59.5 Å². The second-order valence-electron chi connectivity index (χ2n) is 7.42. The first-order chi connectivity index (χ1) is 13.9. The molecule has 2 atom stereocenters. The Labute approximate surface area is 172 Å². The molecule has 1 N–H and O–H groups in total. The summed E-state index contributed by atoms with van der Waals surface area (Å²) >= 11 is 0. The molecule has 156 valence electrons. The van der Waals surface area contributed by atoms with Crippen molar-refractivity contribution in [1.29, 1.82) is 0 Å². The molecule has 3 rings (SSSR count). The van der Waals surface area contributed by atoms with Gasteiger partial charge in [0.05, 0.1) is 10.8 Å². The third-order valence-corrected chi connectivity index (χ3v) is 7.37. The zero-order chi connectivity index (χ0) is 20.9. The summed E-state index contributed by atoms with van der Waals surface area (Å²) < 4.78 is 40.1. The summed E-state index contributed by atoms with van der Waals surface area (Å²) in [5.74, 6) is -0.753. The Morgan fingerprint density at radius 3 is 2.52 bits per heavy atom. The van der Waals surface area contributed by atoms with Crippen molar-refractivity contribution in [2.75, 3.05) is 19.6 Å². The van der Waals surface area contributed by atoms with Gasteiger partial charge in [-0.15, -0.1) is 0 Å². The van der Waals surface area contributed by atoms with E-state index in [-0.39, 0.29) is 29.2 Å². The normalized spacial score (nSPS) is 18.9. The van der Waals surface area contributed by atoms with E-state index in [1.54, 1.807) is 0 Å². The molecule has 1 fully saturated rings. The van der Waals surface area contributed by atoms with Gasteiger partial charge in [-0.25, -0.2) is 12.8 Å². The average Bonchev–Trinajstić information content (AvgIpc) is 2.75. The number of rotatable bonds is 7.